The summed E-state index contributed by atoms with van der Waals surface area (Å²) in [5, 5.41) is 11.6. The van der Waals surface area contributed by atoms with Crippen LogP contribution in [0.1, 0.15) is 15.9 Å². The van der Waals surface area contributed by atoms with Gasteiger partial charge in [-0.2, -0.15) is 0 Å². The normalized spacial score (nSPS) is 10.5. The third kappa shape index (κ3) is 4.19. The fourth-order valence-corrected chi connectivity index (χ4v) is 1.93. The van der Waals surface area contributed by atoms with Crippen molar-refractivity contribution in [2.45, 2.75) is 0 Å². The maximum absolute atomic E-state index is 12.1. The van der Waals surface area contributed by atoms with Gasteiger partial charge in [0.05, 0.1) is 0 Å². The van der Waals surface area contributed by atoms with Gasteiger partial charge in [0, 0.05) is 22.3 Å². The number of para-hydroxylation sites is 1. The number of anilines is 1. The standard InChI is InChI=1S/C16H12ClNO3/c17-14-10-12(7-6-11(14)8-9-15(19)20)16(21)18-13-4-2-1-3-5-13/h1-10H,(H,18,21)(H,19,20)/b9-8+. The minimum atomic E-state index is -1.06. The number of halogens is 1. The summed E-state index contributed by atoms with van der Waals surface area (Å²) >= 11 is 6.04. The molecule has 21 heavy (non-hydrogen) atoms. The highest BCUT2D eigenvalue weighted by Crippen LogP contribution is 2.20. The van der Waals surface area contributed by atoms with Crippen molar-refractivity contribution < 1.29 is 14.7 Å². The van der Waals surface area contributed by atoms with E-state index in [2.05, 4.69) is 5.32 Å². The Kier molecular flexibility index (Phi) is 4.74. The first-order valence-electron chi connectivity index (χ1n) is 6.13. The monoisotopic (exact) mass is 301 g/mol. The largest absolute Gasteiger partial charge is 0.478 e. The van der Waals surface area contributed by atoms with Gasteiger partial charge in [-0.3, -0.25) is 4.79 Å². The number of aliphatic carboxylic acids is 1. The molecule has 2 aromatic rings. The number of carbonyl (C=O) groups excluding carboxylic acids is 1. The van der Waals surface area contributed by atoms with E-state index in [1.54, 1.807) is 24.3 Å². The number of hydrogen-bond acceptors (Lipinski definition) is 2. The lowest BCUT2D eigenvalue weighted by atomic mass is 10.1. The van der Waals surface area contributed by atoms with Crippen molar-refractivity contribution in [1.29, 1.82) is 0 Å². The van der Waals surface area contributed by atoms with Crippen molar-refractivity contribution in [1.82, 2.24) is 0 Å². The molecule has 0 bridgehead atoms. The zero-order valence-electron chi connectivity index (χ0n) is 10.9. The molecule has 0 saturated carbocycles. The zero-order chi connectivity index (χ0) is 15.2. The van der Waals surface area contributed by atoms with Gasteiger partial charge in [0.2, 0.25) is 0 Å². The second kappa shape index (κ2) is 6.72. The summed E-state index contributed by atoms with van der Waals surface area (Å²) in [5.74, 6) is -1.34. The van der Waals surface area contributed by atoms with Crippen molar-refractivity contribution >= 4 is 35.2 Å². The number of rotatable bonds is 4. The molecule has 0 aliphatic carbocycles. The molecule has 0 saturated heterocycles. The first-order chi connectivity index (χ1) is 10.1. The third-order valence-electron chi connectivity index (χ3n) is 2.70. The van der Waals surface area contributed by atoms with E-state index < -0.39 is 5.97 Å². The number of amides is 1. The summed E-state index contributed by atoms with van der Waals surface area (Å²) in [4.78, 5) is 22.5. The Balaban J connectivity index is 2.16. The maximum Gasteiger partial charge on any atom is 0.328 e. The minimum absolute atomic E-state index is 0.281. The van der Waals surface area contributed by atoms with Gasteiger partial charge in [-0.05, 0) is 35.9 Å². The Morgan fingerprint density at radius 2 is 1.81 bits per heavy atom. The average Bonchev–Trinajstić information content (AvgIpc) is 2.46. The Hall–Kier alpha value is -2.59. The highest BCUT2D eigenvalue weighted by molar-refractivity contribution is 6.32. The zero-order valence-corrected chi connectivity index (χ0v) is 11.7. The maximum atomic E-state index is 12.1. The summed E-state index contributed by atoms with van der Waals surface area (Å²) < 4.78 is 0. The number of benzene rings is 2. The molecule has 5 heteroatoms. The van der Waals surface area contributed by atoms with Crippen molar-refractivity contribution in [2.75, 3.05) is 5.32 Å². The molecule has 0 heterocycles. The van der Waals surface area contributed by atoms with Crippen LogP contribution in [0.5, 0.6) is 0 Å². The van der Waals surface area contributed by atoms with E-state index in [1.807, 2.05) is 18.2 Å². The Morgan fingerprint density at radius 3 is 2.43 bits per heavy atom. The Bertz CT molecular complexity index is 696. The van der Waals surface area contributed by atoms with Gasteiger partial charge in [0.1, 0.15) is 0 Å². The molecule has 0 unspecified atom stereocenters. The molecule has 4 nitrogen and oxygen atoms in total. The SMILES string of the molecule is O=C(O)/C=C/c1ccc(C(=O)Nc2ccccc2)cc1Cl. The van der Waals surface area contributed by atoms with Crippen LogP contribution in [0.3, 0.4) is 0 Å². The number of carboxylic acid groups (broad SMARTS) is 1. The Labute approximate surface area is 126 Å². The lowest BCUT2D eigenvalue weighted by molar-refractivity contribution is -0.131. The molecule has 0 spiro atoms. The van der Waals surface area contributed by atoms with Crippen LogP contribution in [0.2, 0.25) is 5.02 Å². The predicted molar refractivity (Wildman–Crippen MR) is 82.5 cm³/mol. The lowest BCUT2D eigenvalue weighted by Crippen LogP contribution is -2.11. The second-order valence-corrected chi connectivity index (χ2v) is 4.64. The van der Waals surface area contributed by atoms with Gasteiger partial charge in [-0.15, -0.1) is 0 Å². The fraction of sp³-hybridized carbons (Fsp3) is 0. The van der Waals surface area contributed by atoms with Crippen LogP contribution in [0.15, 0.2) is 54.6 Å². The van der Waals surface area contributed by atoms with Crippen LogP contribution in [0, 0.1) is 0 Å². The van der Waals surface area contributed by atoms with Gasteiger partial charge in [-0.1, -0.05) is 35.9 Å². The molecule has 2 rings (SSSR count). The first kappa shape index (κ1) is 14.8. The molecule has 0 aromatic heterocycles. The van der Waals surface area contributed by atoms with E-state index in [4.69, 9.17) is 16.7 Å². The molecule has 0 radical (unpaired) electrons. The van der Waals surface area contributed by atoms with Crippen molar-refractivity contribution in [2.24, 2.45) is 0 Å². The van der Waals surface area contributed by atoms with E-state index in [1.165, 1.54) is 12.1 Å². The average molecular weight is 302 g/mol. The summed E-state index contributed by atoms with van der Waals surface area (Å²) in [6, 6.07) is 13.8. The molecule has 2 N–H and O–H groups in total. The van der Waals surface area contributed by atoms with E-state index in [-0.39, 0.29) is 5.91 Å². The van der Waals surface area contributed by atoms with Crippen molar-refractivity contribution in [3.63, 3.8) is 0 Å². The van der Waals surface area contributed by atoms with Crippen LogP contribution in [0.25, 0.3) is 6.08 Å². The quantitative estimate of drug-likeness (QED) is 0.846. The number of carbonyl (C=O) groups is 2. The molecular formula is C16H12ClNO3. The van der Waals surface area contributed by atoms with Gasteiger partial charge in [0.25, 0.3) is 5.91 Å². The minimum Gasteiger partial charge on any atom is -0.478 e. The molecule has 0 aliphatic heterocycles. The Morgan fingerprint density at radius 1 is 1.10 bits per heavy atom. The molecule has 0 fully saturated rings. The van der Waals surface area contributed by atoms with Crippen LogP contribution in [0.4, 0.5) is 5.69 Å². The molecule has 1 amide bonds. The van der Waals surface area contributed by atoms with Gasteiger partial charge in [0.15, 0.2) is 0 Å². The smallest absolute Gasteiger partial charge is 0.328 e. The number of nitrogens with one attached hydrogen (secondary N) is 1. The summed E-state index contributed by atoms with van der Waals surface area (Å²) in [7, 11) is 0. The number of hydrogen-bond donors (Lipinski definition) is 2. The molecular weight excluding hydrogens is 290 g/mol. The summed E-state index contributed by atoms with van der Waals surface area (Å²) in [6.07, 6.45) is 2.37. The molecule has 0 aliphatic rings. The van der Waals surface area contributed by atoms with Crippen molar-refractivity contribution in [3.05, 3.63) is 70.8 Å². The van der Waals surface area contributed by atoms with Crippen molar-refractivity contribution in [3.8, 4) is 0 Å². The van der Waals surface area contributed by atoms with Crippen LogP contribution in [-0.4, -0.2) is 17.0 Å². The number of carboxylic acids is 1. The highest BCUT2D eigenvalue weighted by Gasteiger charge is 2.08. The van der Waals surface area contributed by atoms with Crippen LogP contribution in [-0.2, 0) is 4.79 Å². The van der Waals surface area contributed by atoms with Crippen LogP contribution >= 0.6 is 11.6 Å². The fourth-order valence-electron chi connectivity index (χ4n) is 1.69. The molecule has 2 aromatic carbocycles. The van der Waals surface area contributed by atoms with E-state index in [9.17, 15) is 9.59 Å². The highest BCUT2D eigenvalue weighted by atomic mass is 35.5. The topological polar surface area (TPSA) is 66.4 Å². The van der Waals surface area contributed by atoms with E-state index in [0.29, 0.717) is 21.8 Å². The van der Waals surface area contributed by atoms with E-state index >= 15 is 0 Å². The van der Waals surface area contributed by atoms with Crippen LogP contribution < -0.4 is 5.32 Å². The first-order valence-corrected chi connectivity index (χ1v) is 6.51. The van der Waals surface area contributed by atoms with E-state index in [0.717, 1.165) is 6.08 Å². The van der Waals surface area contributed by atoms with Gasteiger partial charge >= 0.3 is 5.97 Å². The summed E-state index contributed by atoms with van der Waals surface area (Å²) in [5.41, 5.74) is 1.63. The predicted octanol–water partition coefficient (Wildman–Crippen LogP) is 3.69. The second-order valence-electron chi connectivity index (χ2n) is 4.23. The summed E-state index contributed by atoms with van der Waals surface area (Å²) in [6.45, 7) is 0. The van der Waals surface area contributed by atoms with Gasteiger partial charge in [-0.25, -0.2) is 4.79 Å². The van der Waals surface area contributed by atoms with Gasteiger partial charge < -0.3 is 10.4 Å². The molecule has 106 valence electrons. The molecule has 0 atom stereocenters. The third-order valence-corrected chi connectivity index (χ3v) is 3.03. The lowest BCUT2D eigenvalue weighted by Gasteiger charge is -2.06.